The molecule has 0 aliphatic carbocycles. The highest BCUT2D eigenvalue weighted by Crippen LogP contribution is 2.17. The van der Waals surface area contributed by atoms with Gasteiger partial charge in [-0.2, -0.15) is 0 Å². The second kappa shape index (κ2) is 9.25. The van der Waals surface area contributed by atoms with E-state index in [0.29, 0.717) is 0 Å². The molecule has 4 nitrogen and oxygen atoms in total. The predicted octanol–water partition coefficient (Wildman–Crippen LogP) is 2.62. The standard InChI is InChI=1S/C13H25NO3S/c1-5-7-8-18-11(4)13(17)14(9-12(15)16)10(3)6-2/h10-11H,5-9H2,1-4H3,(H,15,16). The molecule has 106 valence electrons. The van der Waals surface area contributed by atoms with Crippen LogP contribution in [0.1, 0.15) is 47.0 Å². The topological polar surface area (TPSA) is 57.6 Å². The SMILES string of the molecule is CCCCSC(C)C(=O)N(CC(=O)O)C(C)CC. The van der Waals surface area contributed by atoms with Crippen LogP contribution in [0.2, 0.25) is 0 Å². The predicted molar refractivity (Wildman–Crippen MR) is 75.9 cm³/mol. The lowest BCUT2D eigenvalue weighted by Gasteiger charge is -2.29. The Kier molecular flexibility index (Phi) is 8.89. The summed E-state index contributed by atoms with van der Waals surface area (Å²) >= 11 is 1.61. The Labute approximate surface area is 114 Å². The number of unbranched alkanes of at least 4 members (excludes halogenated alkanes) is 1. The van der Waals surface area contributed by atoms with E-state index in [4.69, 9.17) is 5.11 Å². The number of rotatable bonds is 9. The largest absolute Gasteiger partial charge is 0.480 e. The van der Waals surface area contributed by atoms with Crippen LogP contribution in [0.3, 0.4) is 0 Å². The molecule has 0 heterocycles. The molecule has 0 radical (unpaired) electrons. The van der Waals surface area contributed by atoms with Crippen LogP contribution in [0, 0.1) is 0 Å². The maximum absolute atomic E-state index is 12.2. The van der Waals surface area contributed by atoms with Gasteiger partial charge in [0.05, 0.1) is 5.25 Å². The van der Waals surface area contributed by atoms with E-state index in [1.807, 2.05) is 20.8 Å². The van der Waals surface area contributed by atoms with Gasteiger partial charge in [0, 0.05) is 6.04 Å². The molecule has 0 aromatic rings. The highest BCUT2D eigenvalue weighted by molar-refractivity contribution is 8.00. The number of aliphatic carboxylic acids is 1. The van der Waals surface area contributed by atoms with E-state index >= 15 is 0 Å². The fourth-order valence-electron chi connectivity index (χ4n) is 1.53. The summed E-state index contributed by atoms with van der Waals surface area (Å²) in [6, 6.07) is -0.0252. The second-order valence-corrected chi connectivity index (χ2v) is 5.93. The van der Waals surface area contributed by atoms with Crippen LogP contribution in [0.15, 0.2) is 0 Å². The van der Waals surface area contributed by atoms with Gasteiger partial charge in [-0.05, 0) is 32.4 Å². The molecule has 0 aromatic heterocycles. The molecule has 0 rings (SSSR count). The number of hydrogen-bond acceptors (Lipinski definition) is 3. The summed E-state index contributed by atoms with van der Waals surface area (Å²) in [4.78, 5) is 24.5. The van der Waals surface area contributed by atoms with E-state index in [-0.39, 0.29) is 23.7 Å². The summed E-state index contributed by atoms with van der Waals surface area (Å²) < 4.78 is 0. The van der Waals surface area contributed by atoms with Crippen molar-refractivity contribution in [3.05, 3.63) is 0 Å². The highest BCUT2D eigenvalue weighted by atomic mass is 32.2. The van der Waals surface area contributed by atoms with Crippen molar-refractivity contribution in [1.29, 1.82) is 0 Å². The molecule has 0 spiro atoms. The van der Waals surface area contributed by atoms with E-state index in [2.05, 4.69) is 6.92 Å². The van der Waals surface area contributed by atoms with Crippen LogP contribution in [0.25, 0.3) is 0 Å². The van der Waals surface area contributed by atoms with Gasteiger partial charge in [0.2, 0.25) is 5.91 Å². The van der Waals surface area contributed by atoms with Gasteiger partial charge in [-0.1, -0.05) is 20.3 Å². The summed E-state index contributed by atoms with van der Waals surface area (Å²) in [7, 11) is 0. The maximum atomic E-state index is 12.2. The van der Waals surface area contributed by atoms with Crippen LogP contribution in [-0.4, -0.2) is 45.5 Å². The third kappa shape index (κ3) is 6.28. The molecule has 0 bridgehead atoms. The monoisotopic (exact) mass is 275 g/mol. The van der Waals surface area contributed by atoms with E-state index in [0.717, 1.165) is 25.0 Å². The number of hydrogen-bond donors (Lipinski definition) is 1. The summed E-state index contributed by atoms with van der Waals surface area (Å²) in [6.45, 7) is 7.63. The zero-order valence-electron chi connectivity index (χ0n) is 11.8. The average molecular weight is 275 g/mol. The molecular weight excluding hydrogens is 250 g/mol. The molecular formula is C13H25NO3S. The Morgan fingerprint density at radius 1 is 1.28 bits per heavy atom. The van der Waals surface area contributed by atoms with Crippen molar-refractivity contribution < 1.29 is 14.7 Å². The Bertz CT molecular complexity index is 271. The van der Waals surface area contributed by atoms with Crippen molar-refractivity contribution in [3.8, 4) is 0 Å². The van der Waals surface area contributed by atoms with Crippen LogP contribution >= 0.6 is 11.8 Å². The molecule has 18 heavy (non-hydrogen) atoms. The lowest BCUT2D eigenvalue weighted by molar-refractivity contribution is -0.145. The third-order valence-electron chi connectivity index (χ3n) is 2.93. The number of carbonyl (C=O) groups excluding carboxylic acids is 1. The Hall–Kier alpha value is -0.710. The fourth-order valence-corrected chi connectivity index (χ4v) is 2.61. The van der Waals surface area contributed by atoms with Crippen molar-refractivity contribution in [3.63, 3.8) is 0 Å². The van der Waals surface area contributed by atoms with Gasteiger partial charge in [-0.15, -0.1) is 11.8 Å². The van der Waals surface area contributed by atoms with Crippen molar-refractivity contribution >= 4 is 23.6 Å². The minimum absolute atomic E-state index is 0.0252. The molecule has 1 amide bonds. The normalized spacial score (nSPS) is 14.0. The number of carboxylic acid groups (broad SMARTS) is 1. The zero-order valence-corrected chi connectivity index (χ0v) is 12.6. The van der Waals surface area contributed by atoms with Crippen LogP contribution in [-0.2, 0) is 9.59 Å². The van der Waals surface area contributed by atoms with Gasteiger partial charge in [-0.25, -0.2) is 0 Å². The van der Waals surface area contributed by atoms with Crippen molar-refractivity contribution in [2.45, 2.75) is 58.2 Å². The molecule has 0 aliphatic heterocycles. The first-order valence-electron chi connectivity index (χ1n) is 6.57. The van der Waals surface area contributed by atoms with E-state index < -0.39 is 5.97 Å². The number of carboxylic acids is 1. The number of carbonyl (C=O) groups is 2. The Morgan fingerprint density at radius 2 is 1.89 bits per heavy atom. The van der Waals surface area contributed by atoms with Crippen molar-refractivity contribution in [2.24, 2.45) is 0 Å². The lowest BCUT2D eigenvalue weighted by Crippen LogP contribution is -2.45. The molecule has 2 unspecified atom stereocenters. The van der Waals surface area contributed by atoms with Crippen LogP contribution < -0.4 is 0 Å². The second-order valence-electron chi connectivity index (χ2n) is 4.48. The van der Waals surface area contributed by atoms with Gasteiger partial charge in [0.25, 0.3) is 0 Å². The molecule has 1 N–H and O–H groups in total. The maximum Gasteiger partial charge on any atom is 0.323 e. The first kappa shape index (κ1) is 17.3. The lowest BCUT2D eigenvalue weighted by atomic mass is 10.2. The summed E-state index contributed by atoms with van der Waals surface area (Å²) in [5.74, 6) is -0.0626. The molecule has 2 atom stereocenters. The van der Waals surface area contributed by atoms with Crippen LogP contribution in [0.4, 0.5) is 0 Å². The summed E-state index contributed by atoms with van der Waals surface area (Å²) in [6.07, 6.45) is 2.97. The Morgan fingerprint density at radius 3 is 2.33 bits per heavy atom. The molecule has 0 saturated carbocycles. The fraction of sp³-hybridized carbons (Fsp3) is 0.846. The molecule has 0 fully saturated rings. The first-order chi connectivity index (χ1) is 8.43. The highest BCUT2D eigenvalue weighted by Gasteiger charge is 2.25. The van der Waals surface area contributed by atoms with Gasteiger partial charge in [0.15, 0.2) is 0 Å². The number of thioether (sulfide) groups is 1. The molecule has 0 aliphatic rings. The first-order valence-corrected chi connectivity index (χ1v) is 7.62. The molecule has 0 aromatic carbocycles. The van der Waals surface area contributed by atoms with E-state index in [9.17, 15) is 9.59 Å². The zero-order chi connectivity index (χ0) is 14.1. The third-order valence-corrected chi connectivity index (χ3v) is 4.15. The van der Waals surface area contributed by atoms with Crippen LogP contribution in [0.5, 0.6) is 0 Å². The van der Waals surface area contributed by atoms with Crippen molar-refractivity contribution in [2.75, 3.05) is 12.3 Å². The minimum Gasteiger partial charge on any atom is -0.480 e. The van der Waals surface area contributed by atoms with E-state index in [1.54, 1.807) is 11.8 Å². The number of amides is 1. The van der Waals surface area contributed by atoms with E-state index in [1.165, 1.54) is 4.90 Å². The molecule has 5 heteroatoms. The number of nitrogens with zero attached hydrogens (tertiary/aromatic N) is 1. The van der Waals surface area contributed by atoms with Gasteiger partial charge >= 0.3 is 5.97 Å². The van der Waals surface area contributed by atoms with Crippen molar-refractivity contribution in [1.82, 2.24) is 4.90 Å². The summed E-state index contributed by atoms with van der Waals surface area (Å²) in [5, 5.41) is 8.71. The average Bonchev–Trinajstić information content (AvgIpc) is 2.34. The van der Waals surface area contributed by atoms with Gasteiger partial charge in [-0.3, -0.25) is 9.59 Å². The van der Waals surface area contributed by atoms with Gasteiger partial charge in [0.1, 0.15) is 6.54 Å². The Balaban J connectivity index is 4.48. The smallest absolute Gasteiger partial charge is 0.323 e. The summed E-state index contributed by atoms with van der Waals surface area (Å²) in [5.41, 5.74) is 0. The minimum atomic E-state index is -0.950. The molecule has 0 saturated heterocycles. The van der Waals surface area contributed by atoms with Gasteiger partial charge < -0.3 is 10.0 Å². The quantitative estimate of drug-likeness (QED) is 0.657.